The molecule has 0 amide bonds. The van der Waals surface area contributed by atoms with Crippen molar-refractivity contribution in [2.75, 3.05) is 6.61 Å². The number of hydrogen-bond acceptors (Lipinski definition) is 3. The third-order valence-corrected chi connectivity index (χ3v) is 1.01. The van der Waals surface area contributed by atoms with Gasteiger partial charge in [0, 0.05) is 0 Å². The van der Waals surface area contributed by atoms with E-state index in [0.29, 0.717) is 0 Å². The van der Waals surface area contributed by atoms with Gasteiger partial charge in [-0.2, -0.15) is 0 Å². The van der Waals surface area contributed by atoms with Crippen LogP contribution in [-0.2, 0) is 9.47 Å². The van der Waals surface area contributed by atoms with Gasteiger partial charge in [0.1, 0.15) is 6.23 Å². The molecular weight excluding hydrogens is 82.0 g/mol. The van der Waals surface area contributed by atoms with Crippen molar-refractivity contribution in [3.05, 3.63) is 0 Å². The molecule has 0 spiro atoms. The molecule has 2 bridgehead atoms. The maximum atomic E-state index is 4.92. The van der Waals surface area contributed by atoms with E-state index in [-0.39, 0.29) is 12.6 Å². The van der Waals surface area contributed by atoms with Crippen LogP contribution in [0.5, 0.6) is 0 Å². The van der Waals surface area contributed by atoms with Crippen molar-refractivity contribution in [2.24, 2.45) is 0 Å². The summed E-state index contributed by atoms with van der Waals surface area (Å²) in [6.45, 7) is 0.727. The first-order valence-corrected chi connectivity index (χ1v) is 1.98. The van der Waals surface area contributed by atoms with E-state index in [1.807, 2.05) is 0 Å². The van der Waals surface area contributed by atoms with Crippen LogP contribution in [0.2, 0.25) is 0 Å². The summed E-state index contributed by atoms with van der Waals surface area (Å²) >= 11 is 0. The molecule has 6 heavy (non-hydrogen) atoms. The van der Waals surface area contributed by atoms with Crippen LogP contribution in [0, 0.1) is 0 Å². The number of fused-ring (bicyclic) bond motifs is 1. The summed E-state index contributed by atoms with van der Waals surface area (Å²) in [6.07, 6.45) is 0.157. The minimum Gasteiger partial charge on any atom is -0.336 e. The van der Waals surface area contributed by atoms with E-state index in [1.54, 1.807) is 0 Å². The van der Waals surface area contributed by atoms with Crippen LogP contribution in [0.4, 0.5) is 0 Å². The first-order valence-electron chi connectivity index (χ1n) is 1.98. The molecule has 0 aromatic rings. The van der Waals surface area contributed by atoms with Gasteiger partial charge in [0.05, 0.1) is 6.61 Å². The fourth-order valence-electron chi connectivity index (χ4n) is 0.657. The van der Waals surface area contributed by atoms with Gasteiger partial charge in [-0.1, -0.05) is 0 Å². The van der Waals surface area contributed by atoms with Crippen LogP contribution in [0.15, 0.2) is 0 Å². The van der Waals surface area contributed by atoms with Gasteiger partial charge in [0.25, 0.3) is 0 Å². The Morgan fingerprint density at radius 1 is 1.67 bits per heavy atom. The lowest BCUT2D eigenvalue weighted by molar-refractivity contribution is -0.172. The molecule has 3 saturated heterocycles. The van der Waals surface area contributed by atoms with Crippen LogP contribution >= 0.6 is 0 Å². The van der Waals surface area contributed by atoms with Crippen molar-refractivity contribution in [1.29, 1.82) is 0 Å². The average Bonchev–Trinajstić information content (AvgIpc) is 1.72. The molecule has 3 aliphatic heterocycles. The molecule has 34 valence electrons. The van der Waals surface area contributed by atoms with E-state index in [4.69, 9.17) is 9.47 Å². The Labute approximate surface area is 35.2 Å². The van der Waals surface area contributed by atoms with Gasteiger partial charge >= 0.3 is 0 Å². The summed E-state index contributed by atoms with van der Waals surface area (Å²) in [4.78, 5) is 0. The zero-order chi connectivity index (χ0) is 3.98. The Kier molecular flexibility index (Phi) is 0.371. The Morgan fingerprint density at radius 3 is 2.67 bits per heavy atom. The van der Waals surface area contributed by atoms with Crippen LogP contribution < -0.4 is 5.32 Å². The molecule has 3 fully saturated rings. The van der Waals surface area contributed by atoms with Crippen molar-refractivity contribution < 1.29 is 9.47 Å². The van der Waals surface area contributed by atoms with E-state index >= 15 is 0 Å². The molecule has 0 aliphatic carbocycles. The molecule has 0 aromatic carbocycles. The monoisotopic (exact) mass is 87.0 g/mol. The standard InChI is InChI=1S/C3H5NO2/c1-2-4-3(5-1)6-2/h2-4H,1H2. The minimum absolute atomic E-state index is 0.0602. The Morgan fingerprint density at radius 2 is 2.50 bits per heavy atom. The summed E-state index contributed by atoms with van der Waals surface area (Å²) in [5, 5.41) is 2.97. The quantitative estimate of drug-likeness (QED) is 0.421. The lowest BCUT2D eigenvalue weighted by atomic mass is 10.6. The van der Waals surface area contributed by atoms with Crippen LogP contribution in [-0.4, -0.2) is 19.2 Å². The average molecular weight is 87.1 g/mol. The van der Waals surface area contributed by atoms with Crippen LogP contribution in [0.25, 0.3) is 0 Å². The third-order valence-electron chi connectivity index (χ3n) is 1.01. The molecule has 2 atom stereocenters. The summed E-state index contributed by atoms with van der Waals surface area (Å²) in [7, 11) is 0. The van der Waals surface area contributed by atoms with Gasteiger partial charge in [0.15, 0.2) is 0 Å². The van der Waals surface area contributed by atoms with Gasteiger partial charge in [0.2, 0.25) is 6.41 Å². The van der Waals surface area contributed by atoms with E-state index < -0.39 is 0 Å². The summed E-state index contributed by atoms with van der Waals surface area (Å²) in [5.41, 5.74) is 0. The molecule has 3 heteroatoms. The second-order valence-corrected chi connectivity index (χ2v) is 1.46. The second kappa shape index (κ2) is 0.753. The molecular formula is C3H5NO2. The van der Waals surface area contributed by atoms with E-state index in [0.717, 1.165) is 6.61 Å². The predicted molar refractivity (Wildman–Crippen MR) is 17.7 cm³/mol. The van der Waals surface area contributed by atoms with E-state index in [9.17, 15) is 0 Å². The van der Waals surface area contributed by atoms with E-state index in [2.05, 4.69) is 5.32 Å². The van der Waals surface area contributed by atoms with Crippen molar-refractivity contribution in [3.63, 3.8) is 0 Å². The molecule has 3 heterocycles. The van der Waals surface area contributed by atoms with Gasteiger partial charge in [-0.05, 0) is 0 Å². The zero-order valence-corrected chi connectivity index (χ0v) is 3.18. The largest absolute Gasteiger partial charge is 0.336 e. The van der Waals surface area contributed by atoms with Crippen molar-refractivity contribution >= 4 is 0 Å². The molecule has 3 nitrogen and oxygen atoms in total. The molecule has 0 radical (unpaired) electrons. The zero-order valence-electron chi connectivity index (χ0n) is 3.18. The normalized spacial score (nSPS) is 52.0. The topological polar surface area (TPSA) is 30.5 Å². The smallest absolute Gasteiger partial charge is 0.219 e. The van der Waals surface area contributed by atoms with Crippen LogP contribution in [0.3, 0.4) is 0 Å². The highest BCUT2D eigenvalue weighted by Crippen LogP contribution is 2.16. The predicted octanol–water partition coefficient (Wildman–Crippen LogP) is -0.754. The lowest BCUT2D eigenvalue weighted by Gasteiger charge is -2.21. The summed E-state index contributed by atoms with van der Waals surface area (Å²) in [5.74, 6) is 0. The highest BCUT2D eigenvalue weighted by atomic mass is 16.8. The Balaban J connectivity index is 2.16. The van der Waals surface area contributed by atoms with Crippen molar-refractivity contribution in [3.8, 4) is 0 Å². The van der Waals surface area contributed by atoms with Gasteiger partial charge in [-0.15, -0.1) is 0 Å². The first kappa shape index (κ1) is 2.96. The minimum atomic E-state index is -0.0602. The van der Waals surface area contributed by atoms with Gasteiger partial charge in [-0.25, -0.2) is 5.32 Å². The lowest BCUT2D eigenvalue weighted by Crippen LogP contribution is -2.47. The highest BCUT2D eigenvalue weighted by molar-refractivity contribution is 4.71. The van der Waals surface area contributed by atoms with Crippen molar-refractivity contribution in [2.45, 2.75) is 12.6 Å². The highest BCUT2D eigenvalue weighted by Gasteiger charge is 2.37. The van der Waals surface area contributed by atoms with Gasteiger partial charge in [-0.3, -0.25) is 0 Å². The SMILES string of the molecule is C1OC2NC1O2. The second-order valence-electron chi connectivity index (χ2n) is 1.46. The third kappa shape index (κ3) is 0.194. The van der Waals surface area contributed by atoms with Crippen LogP contribution in [0.1, 0.15) is 0 Å². The molecule has 1 N–H and O–H groups in total. The molecule has 3 aliphatic rings. The number of ether oxygens (including phenoxy) is 2. The molecule has 3 rings (SSSR count). The maximum absolute atomic E-state index is 4.92. The number of nitrogens with one attached hydrogen (secondary N) is 1. The number of rotatable bonds is 0. The van der Waals surface area contributed by atoms with Gasteiger partial charge < -0.3 is 9.47 Å². The fourth-order valence-corrected chi connectivity index (χ4v) is 0.657. The maximum Gasteiger partial charge on any atom is 0.219 e. The number of hydrogen-bond donors (Lipinski definition) is 1. The molecule has 0 aromatic heterocycles. The van der Waals surface area contributed by atoms with E-state index in [1.165, 1.54) is 0 Å². The first-order chi connectivity index (χ1) is 2.95. The molecule has 2 unspecified atom stereocenters. The van der Waals surface area contributed by atoms with Crippen molar-refractivity contribution in [1.82, 2.24) is 5.32 Å². The summed E-state index contributed by atoms with van der Waals surface area (Å²) in [6, 6.07) is 0. The Bertz CT molecular complexity index is 55.7. The molecule has 0 saturated carbocycles. The summed E-state index contributed by atoms with van der Waals surface area (Å²) < 4.78 is 9.81. The Hall–Kier alpha value is -0.120. The fraction of sp³-hybridized carbons (Fsp3) is 1.00.